The van der Waals surface area contributed by atoms with Crippen LogP contribution >= 0.6 is 0 Å². The van der Waals surface area contributed by atoms with E-state index in [4.69, 9.17) is 4.74 Å². The van der Waals surface area contributed by atoms with E-state index in [0.29, 0.717) is 18.2 Å². The minimum atomic E-state index is -0.197. The van der Waals surface area contributed by atoms with Crippen LogP contribution in [0.4, 0.5) is 5.82 Å². The third-order valence-electron chi connectivity index (χ3n) is 3.76. The lowest BCUT2D eigenvalue weighted by molar-refractivity contribution is 0.0950. The number of anilines is 1. The molecule has 0 bridgehead atoms. The van der Waals surface area contributed by atoms with E-state index < -0.39 is 0 Å². The lowest BCUT2D eigenvalue weighted by Gasteiger charge is -2.21. The smallest absolute Gasteiger partial charge is 0.253 e. The van der Waals surface area contributed by atoms with Crippen molar-refractivity contribution < 1.29 is 9.53 Å². The van der Waals surface area contributed by atoms with Crippen LogP contribution in [-0.4, -0.2) is 22.5 Å². The summed E-state index contributed by atoms with van der Waals surface area (Å²) < 4.78 is 5.82. The molecule has 5 heteroatoms. The molecule has 1 aromatic heterocycles. The van der Waals surface area contributed by atoms with Gasteiger partial charge in [0.15, 0.2) is 0 Å². The molecular weight excluding hydrogens is 314 g/mol. The number of ether oxygens (including phenoxy) is 1. The number of carbonyl (C=O) groups excluding carboxylic acids is 1. The highest BCUT2D eigenvalue weighted by Gasteiger charge is 2.23. The van der Waals surface area contributed by atoms with Crippen LogP contribution in [0, 0.1) is 0 Å². The number of hydrogen-bond acceptors (Lipinski definition) is 4. The first-order valence-electron chi connectivity index (χ1n) is 8.68. The molecule has 1 heterocycles. The molecule has 132 valence electrons. The van der Waals surface area contributed by atoms with E-state index in [9.17, 15) is 4.79 Å². The predicted octanol–water partition coefficient (Wildman–Crippen LogP) is 3.76. The van der Waals surface area contributed by atoms with E-state index >= 15 is 0 Å². The summed E-state index contributed by atoms with van der Waals surface area (Å²) in [4.78, 5) is 16.2. The number of nitrogens with zero attached hydrogens (tertiary/aromatic N) is 1. The Bertz CT molecular complexity index is 714. The molecule has 1 amide bonds. The van der Waals surface area contributed by atoms with Gasteiger partial charge in [0.2, 0.25) is 0 Å². The van der Waals surface area contributed by atoms with Gasteiger partial charge in [-0.2, -0.15) is 0 Å². The van der Waals surface area contributed by atoms with Gasteiger partial charge in [0.05, 0.1) is 5.56 Å². The first kappa shape index (κ1) is 17.3. The van der Waals surface area contributed by atoms with Crippen molar-refractivity contribution in [1.29, 1.82) is 0 Å². The Morgan fingerprint density at radius 3 is 2.44 bits per heavy atom. The van der Waals surface area contributed by atoms with Gasteiger partial charge < -0.3 is 15.4 Å². The Morgan fingerprint density at radius 1 is 1.16 bits per heavy atom. The van der Waals surface area contributed by atoms with Crippen LogP contribution in [0.25, 0.3) is 0 Å². The van der Waals surface area contributed by atoms with E-state index in [1.165, 1.54) is 0 Å². The number of hydrogen-bond donors (Lipinski definition) is 2. The summed E-state index contributed by atoms with van der Waals surface area (Å²) in [6.45, 7) is 6.75. The maximum Gasteiger partial charge on any atom is 0.253 e. The molecule has 0 unspecified atom stereocenters. The molecule has 1 aliphatic carbocycles. The van der Waals surface area contributed by atoms with Crippen LogP contribution < -0.4 is 15.4 Å². The fraction of sp³-hybridized carbons (Fsp3) is 0.400. The van der Waals surface area contributed by atoms with Crippen LogP contribution in [-0.2, 0) is 6.54 Å². The van der Waals surface area contributed by atoms with Crippen molar-refractivity contribution in [3.8, 4) is 5.75 Å². The second-order valence-corrected chi connectivity index (χ2v) is 7.39. The number of carbonyl (C=O) groups is 1. The number of amides is 1. The van der Waals surface area contributed by atoms with Crippen molar-refractivity contribution in [3.05, 3.63) is 53.7 Å². The summed E-state index contributed by atoms with van der Waals surface area (Å²) in [7, 11) is 0. The molecule has 25 heavy (non-hydrogen) atoms. The Labute approximate surface area is 148 Å². The highest BCUT2D eigenvalue weighted by molar-refractivity contribution is 5.94. The average molecular weight is 339 g/mol. The van der Waals surface area contributed by atoms with Gasteiger partial charge in [0.1, 0.15) is 17.2 Å². The zero-order valence-corrected chi connectivity index (χ0v) is 15.0. The largest absolute Gasteiger partial charge is 0.488 e. The molecule has 1 aliphatic rings. The van der Waals surface area contributed by atoms with Gasteiger partial charge in [0, 0.05) is 18.8 Å². The molecule has 0 saturated heterocycles. The van der Waals surface area contributed by atoms with Crippen molar-refractivity contribution in [2.45, 2.75) is 51.8 Å². The topological polar surface area (TPSA) is 63.2 Å². The first-order chi connectivity index (χ1) is 11.9. The van der Waals surface area contributed by atoms with Crippen molar-refractivity contribution in [3.63, 3.8) is 0 Å². The number of aromatic nitrogens is 1. The highest BCUT2D eigenvalue weighted by Crippen LogP contribution is 2.20. The van der Waals surface area contributed by atoms with E-state index in [-0.39, 0.29) is 11.5 Å². The predicted molar refractivity (Wildman–Crippen MR) is 98.9 cm³/mol. The second-order valence-electron chi connectivity index (χ2n) is 7.39. The maximum atomic E-state index is 11.9. The molecular formula is C20H25N3O2. The van der Waals surface area contributed by atoms with E-state index in [2.05, 4.69) is 15.6 Å². The first-order valence-corrected chi connectivity index (χ1v) is 8.68. The minimum Gasteiger partial charge on any atom is -0.488 e. The monoisotopic (exact) mass is 339 g/mol. The van der Waals surface area contributed by atoms with Gasteiger partial charge >= 0.3 is 0 Å². The lowest BCUT2D eigenvalue weighted by Crippen LogP contribution is -2.25. The molecule has 3 rings (SSSR count). The zero-order chi connectivity index (χ0) is 17.9. The van der Waals surface area contributed by atoms with Gasteiger partial charge in [-0.25, -0.2) is 4.98 Å². The lowest BCUT2D eigenvalue weighted by atomic mass is 10.1. The molecule has 1 fully saturated rings. The molecule has 0 aliphatic heterocycles. The molecule has 2 N–H and O–H groups in total. The molecule has 1 saturated carbocycles. The fourth-order valence-corrected chi connectivity index (χ4v) is 2.35. The Morgan fingerprint density at radius 2 is 1.88 bits per heavy atom. The third-order valence-corrected chi connectivity index (χ3v) is 3.76. The van der Waals surface area contributed by atoms with Crippen molar-refractivity contribution in [2.24, 2.45) is 0 Å². The van der Waals surface area contributed by atoms with Crippen molar-refractivity contribution in [2.75, 3.05) is 5.32 Å². The Hall–Kier alpha value is -2.56. The van der Waals surface area contributed by atoms with Gasteiger partial charge in [-0.1, -0.05) is 12.1 Å². The summed E-state index contributed by atoms with van der Waals surface area (Å²) in [6, 6.07) is 12.0. The molecule has 5 nitrogen and oxygen atoms in total. The van der Waals surface area contributed by atoms with E-state index in [0.717, 1.165) is 30.0 Å². The molecule has 0 radical (unpaired) electrons. The molecule has 2 aromatic rings. The van der Waals surface area contributed by atoms with Gasteiger partial charge in [-0.3, -0.25) is 4.79 Å². The van der Waals surface area contributed by atoms with Crippen LogP contribution in [0.2, 0.25) is 0 Å². The summed E-state index contributed by atoms with van der Waals surface area (Å²) in [5.74, 6) is 1.56. The summed E-state index contributed by atoms with van der Waals surface area (Å²) in [5, 5.41) is 6.22. The summed E-state index contributed by atoms with van der Waals surface area (Å²) in [5.41, 5.74) is 1.54. The normalized spacial score (nSPS) is 14.0. The zero-order valence-electron chi connectivity index (χ0n) is 15.0. The van der Waals surface area contributed by atoms with E-state index in [1.807, 2.05) is 51.1 Å². The van der Waals surface area contributed by atoms with Gasteiger partial charge in [-0.15, -0.1) is 0 Å². The summed E-state index contributed by atoms with van der Waals surface area (Å²) >= 11 is 0. The fourth-order valence-electron chi connectivity index (χ4n) is 2.35. The van der Waals surface area contributed by atoms with Crippen molar-refractivity contribution >= 4 is 11.7 Å². The Balaban J connectivity index is 1.51. The highest BCUT2D eigenvalue weighted by atomic mass is 16.5. The number of pyridine rings is 1. The SMILES string of the molecule is CC(C)(C)Oc1ccc(CNc2ccc(C(=O)NC3CC3)cn2)cc1. The number of rotatable bonds is 6. The molecule has 1 aromatic carbocycles. The number of nitrogens with one attached hydrogen (secondary N) is 2. The number of benzene rings is 1. The average Bonchev–Trinajstić information content (AvgIpc) is 3.37. The Kier molecular flexibility index (Phi) is 4.93. The van der Waals surface area contributed by atoms with Crippen molar-refractivity contribution in [1.82, 2.24) is 10.3 Å². The maximum absolute atomic E-state index is 11.9. The molecule has 0 atom stereocenters. The summed E-state index contributed by atoms with van der Waals surface area (Å²) in [6.07, 6.45) is 3.77. The van der Waals surface area contributed by atoms with Gasteiger partial charge in [0.25, 0.3) is 5.91 Å². The minimum absolute atomic E-state index is 0.0454. The van der Waals surface area contributed by atoms with Crippen LogP contribution in [0.5, 0.6) is 5.75 Å². The quantitative estimate of drug-likeness (QED) is 0.841. The van der Waals surface area contributed by atoms with E-state index in [1.54, 1.807) is 12.3 Å². The third kappa shape index (κ3) is 5.48. The van der Waals surface area contributed by atoms with Crippen LogP contribution in [0.15, 0.2) is 42.6 Å². The van der Waals surface area contributed by atoms with Crippen LogP contribution in [0.3, 0.4) is 0 Å². The molecule has 0 spiro atoms. The van der Waals surface area contributed by atoms with Crippen LogP contribution in [0.1, 0.15) is 49.5 Å². The standard InChI is InChI=1S/C20H25N3O2/c1-20(2,3)25-17-9-4-14(5-10-17)12-21-18-11-6-15(13-22-18)19(24)23-16-7-8-16/h4-6,9-11,13,16H,7-8,12H2,1-3H3,(H,21,22)(H,23,24). The second kappa shape index (κ2) is 7.13. The van der Waals surface area contributed by atoms with Gasteiger partial charge in [-0.05, 0) is 63.4 Å².